The summed E-state index contributed by atoms with van der Waals surface area (Å²) in [6.45, 7) is 0. The van der Waals surface area contributed by atoms with E-state index < -0.39 is 60.6 Å². The monoisotopic (exact) mass is 659 g/mol. The van der Waals surface area contributed by atoms with Crippen LogP contribution in [0.4, 0.5) is 10.1 Å². The number of benzene rings is 4. The van der Waals surface area contributed by atoms with Gasteiger partial charge in [0.1, 0.15) is 35.6 Å². The van der Waals surface area contributed by atoms with E-state index in [1.807, 2.05) is 18.2 Å². The SMILES string of the molecule is O=C(O)C1O[C@@H](Oc2cccc(-c3ccc([C@@H]4[C@@H](CC[C@H](O)c5ccc(F)cc5)C(=O)N4c4ccccc4)c(O)c3)c2)C(O)[C@@H](O)[C@@H]1O. The number of phenolic OH excluding ortho intramolecular Hbond substituents is 1. The predicted octanol–water partition coefficient (Wildman–Crippen LogP) is 3.69. The number of carboxylic acid groups (broad SMARTS) is 1. The van der Waals surface area contributed by atoms with Crippen LogP contribution in [0.3, 0.4) is 0 Å². The zero-order valence-electron chi connectivity index (χ0n) is 25.4. The average molecular weight is 660 g/mol. The second-order valence-corrected chi connectivity index (χ2v) is 11.9. The Balaban J connectivity index is 1.23. The Morgan fingerprint density at radius 3 is 2.27 bits per heavy atom. The van der Waals surface area contributed by atoms with Crippen LogP contribution in [0.5, 0.6) is 11.5 Å². The number of anilines is 1. The number of nitrogens with zero attached hydrogens (tertiary/aromatic N) is 1. The van der Waals surface area contributed by atoms with E-state index in [1.54, 1.807) is 47.4 Å². The molecule has 48 heavy (non-hydrogen) atoms. The lowest BCUT2D eigenvalue weighted by Crippen LogP contribution is -2.61. The number of amides is 1. The maximum absolute atomic E-state index is 13.5. The van der Waals surface area contributed by atoms with Crippen molar-refractivity contribution in [3.63, 3.8) is 0 Å². The summed E-state index contributed by atoms with van der Waals surface area (Å²) in [5.74, 6) is -2.55. The number of β-lactam (4-membered cyclic amide) rings is 1. The van der Waals surface area contributed by atoms with E-state index in [2.05, 4.69) is 0 Å². The molecule has 0 aromatic heterocycles. The number of para-hydroxylation sites is 1. The first-order chi connectivity index (χ1) is 23.0. The molecule has 250 valence electrons. The summed E-state index contributed by atoms with van der Waals surface area (Å²) in [5, 5.41) is 61.8. The van der Waals surface area contributed by atoms with E-state index in [9.17, 15) is 44.6 Å². The number of halogens is 1. The zero-order chi connectivity index (χ0) is 34.1. The first-order valence-corrected chi connectivity index (χ1v) is 15.4. The minimum atomic E-state index is -1.85. The molecule has 6 N–H and O–H groups in total. The van der Waals surface area contributed by atoms with Crippen LogP contribution in [0, 0.1) is 11.7 Å². The fourth-order valence-corrected chi connectivity index (χ4v) is 6.26. The molecule has 11 nitrogen and oxygen atoms in total. The van der Waals surface area contributed by atoms with E-state index in [1.165, 1.54) is 36.4 Å². The Labute approximate surface area is 274 Å². The Kier molecular flexibility index (Phi) is 9.45. The summed E-state index contributed by atoms with van der Waals surface area (Å²) in [6.07, 6.45) is -9.15. The Hall–Kier alpha value is -4.85. The van der Waals surface area contributed by atoms with Crippen molar-refractivity contribution in [1.29, 1.82) is 0 Å². The van der Waals surface area contributed by atoms with Crippen LogP contribution < -0.4 is 9.64 Å². The van der Waals surface area contributed by atoms with Crippen molar-refractivity contribution >= 4 is 17.6 Å². The van der Waals surface area contributed by atoms with Crippen molar-refractivity contribution in [2.75, 3.05) is 4.90 Å². The number of aliphatic hydroxyl groups excluding tert-OH is 4. The first-order valence-electron chi connectivity index (χ1n) is 15.4. The third-order valence-electron chi connectivity index (χ3n) is 8.84. The lowest BCUT2D eigenvalue weighted by atomic mass is 9.77. The molecule has 4 aromatic carbocycles. The molecule has 1 amide bonds. The van der Waals surface area contributed by atoms with Gasteiger partial charge in [-0.3, -0.25) is 4.79 Å². The maximum Gasteiger partial charge on any atom is 0.335 e. The quantitative estimate of drug-likeness (QED) is 0.138. The van der Waals surface area contributed by atoms with Crippen LogP contribution in [0.25, 0.3) is 11.1 Å². The molecule has 0 aliphatic carbocycles. The van der Waals surface area contributed by atoms with Gasteiger partial charge < -0.3 is 45.0 Å². The molecule has 2 heterocycles. The van der Waals surface area contributed by atoms with Crippen LogP contribution in [0.15, 0.2) is 97.1 Å². The normalized spacial score (nSPS) is 26.1. The Bertz CT molecular complexity index is 1770. The van der Waals surface area contributed by atoms with E-state index in [4.69, 9.17) is 9.47 Å². The second kappa shape index (κ2) is 13.7. The highest BCUT2D eigenvalue weighted by Crippen LogP contribution is 2.49. The number of rotatable bonds is 10. The molecule has 2 saturated heterocycles. The van der Waals surface area contributed by atoms with E-state index in [0.29, 0.717) is 34.4 Å². The van der Waals surface area contributed by atoms with E-state index >= 15 is 0 Å². The largest absolute Gasteiger partial charge is 0.508 e. The number of phenols is 1. The van der Waals surface area contributed by atoms with Gasteiger partial charge in [0.25, 0.3) is 0 Å². The summed E-state index contributed by atoms with van der Waals surface area (Å²) in [7, 11) is 0. The van der Waals surface area contributed by atoms with Gasteiger partial charge in [0, 0.05) is 11.3 Å². The summed E-state index contributed by atoms with van der Waals surface area (Å²) in [5.41, 5.74) is 2.86. The number of hydrogen-bond donors (Lipinski definition) is 6. The molecule has 2 unspecified atom stereocenters. The van der Waals surface area contributed by atoms with Gasteiger partial charge in [0.2, 0.25) is 12.2 Å². The van der Waals surface area contributed by atoms with Gasteiger partial charge in [-0.05, 0) is 72.0 Å². The summed E-state index contributed by atoms with van der Waals surface area (Å²) < 4.78 is 24.3. The number of aliphatic hydroxyl groups is 4. The van der Waals surface area contributed by atoms with Crippen molar-refractivity contribution in [3.8, 4) is 22.6 Å². The van der Waals surface area contributed by atoms with Gasteiger partial charge in [-0.2, -0.15) is 0 Å². The first kappa shape index (κ1) is 33.1. The molecule has 0 saturated carbocycles. The van der Waals surface area contributed by atoms with Crippen molar-refractivity contribution in [3.05, 3.63) is 114 Å². The van der Waals surface area contributed by atoms with Gasteiger partial charge in [-0.25, -0.2) is 9.18 Å². The molecule has 0 spiro atoms. The lowest BCUT2D eigenvalue weighted by molar-refractivity contribution is -0.271. The minimum absolute atomic E-state index is 0.0752. The van der Waals surface area contributed by atoms with Crippen molar-refractivity contribution in [2.45, 2.75) is 55.7 Å². The van der Waals surface area contributed by atoms with Crippen LogP contribution in [0.2, 0.25) is 0 Å². The lowest BCUT2D eigenvalue weighted by Gasteiger charge is -2.48. The molecule has 8 atom stereocenters. The van der Waals surface area contributed by atoms with Crippen LogP contribution in [0.1, 0.15) is 36.1 Å². The fraction of sp³-hybridized carbons (Fsp3) is 0.278. The summed E-state index contributed by atoms with van der Waals surface area (Å²) in [6, 6.07) is 25.6. The van der Waals surface area contributed by atoms with Crippen LogP contribution in [-0.2, 0) is 14.3 Å². The topological polar surface area (TPSA) is 177 Å². The van der Waals surface area contributed by atoms with Gasteiger partial charge in [-0.15, -0.1) is 0 Å². The van der Waals surface area contributed by atoms with Gasteiger partial charge in [-0.1, -0.05) is 54.6 Å². The molecular weight excluding hydrogens is 625 g/mol. The molecule has 6 rings (SSSR count). The number of ether oxygens (including phenoxy) is 2. The third kappa shape index (κ3) is 6.48. The van der Waals surface area contributed by atoms with Gasteiger partial charge in [0.15, 0.2) is 6.10 Å². The highest BCUT2D eigenvalue weighted by Gasteiger charge is 2.50. The van der Waals surface area contributed by atoms with Crippen LogP contribution >= 0.6 is 0 Å². The molecule has 2 aliphatic rings. The van der Waals surface area contributed by atoms with Crippen molar-refractivity contribution < 1.29 is 54.1 Å². The number of carbonyl (C=O) groups excluding carboxylic acids is 1. The molecular formula is C36H34FNO10. The van der Waals surface area contributed by atoms with Crippen molar-refractivity contribution in [2.24, 2.45) is 5.92 Å². The number of aromatic hydroxyl groups is 1. The van der Waals surface area contributed by atoms with Gasteiger partial charge in [0.05, 0.1) is 18.1 Å². The van der Waals surface area contributed by atoms with Gasteiger partial charge >= 0.3 is 5.97 Å². The van der Waals surface area contributed by atoms with E-state index in [0.717, 1.165) is 0 Å². The number of carboxylic acids is 1. The molecule has 0 radical (unpaired) electrons. The standard InChI is InChI=1S/C36H34FNO10/c37-22-12-9-19(10-13-22)27(39)16-15-26-29(38(34(26)44)23-6-2-1-3-7-23)25-14-11-21(18-28(25)40)20-5-4-8-24(17-20)47-36-32(43)30(41)31(42)33(48-36)35(45)46/h1-14,17-18,26-27,29-33,36,39-43H,15-16H2,(H,45,46)/t26-,27+,29-,30+,31+,32?,33?,36-/m1/s1. The zero-order valence-corrected chi connectivity index (χ0v) is 25.4. The summed E-state index contributed by atoms with van der Waals surface area (Å²) in [4.78, 5) is 26.5. The molecule has 12 heteroatoms. The number of hydrogen-bond acceptors (Lipinski definition) is 9. The Morgan fingerprint density at radius 1 is 0.875 bits per heavy atom. The van der Waals surface area contributed by atoms with Crippen molar-refractivity contribution in [1.82, 2.24) is 0 Å². The molecule has 0 bridgehead atoms. The predicted molar refractivity (Wildman–Crippen MR) is 169 cm³/mol. The fourth-order valence-electron chi connectivity index (χ4n) is 6.26. The number of carbonyl (C=O) groups is 2. The maximum atomic E-state index is 13.5. The molecule has 2 aliphatic heterocycles. The average Bonchev–Trinajstić information content (AvgIpc) is 3.08. The summed E-state index contributed by atoms with van der Waals surface area (Å²) >= 11 is 0. The van der Waals surface area contributed by atoms with E-state index in [-0.39, 0.29) is 23.8 Å². The highest BCUT2D eigenvalue weighted by molar-refractivity contribution is 6.03. The smallest absolute Gasteiger partial charge is 0.335 e. The molecule has 2 fully saturated rings. The second-order valence-electron chi connectivity index (χ2n) is 11.9. The minimum Gasteiger partial charge on any atom is -0.508 e. The molecule has 4 aromatic rings. The van der Waals surface area contributed by atoms with Crippen LogP contribution in [-0.4, -0.2) is 73.2 Å². The third-order valence-corrected chi connectivity index (χ3v) is 8.84. The Morgan fingerprint density at radius 2 is 1.58 bits per heavy atom. The number of aliphatic carboxylic acids is 1. The highest BCUT2D eigenvalue weighted by atomic mass is 19.1.